The molecule has 1 aromatic heterocycles. The second-order valence-electron chi connectivity index (χ2n) is 2.82. The van der Waals surface area contributed by atoms with Crippen molar-refractivity contribution in [1.82, 2.24) is 4.98 Å². The van der Waals surface area contributed by atoms with Crippen LogP contribution >= 0.6 is 11.3 Å². The Morgan fingerprint density at radius 1 is 1.38 bits per heavy atom. The minimum Gasteiger partial charge on any atom is -0.508 e. The zero-order valence-corrected chi connectivity index (χ0v) is 8.01. The molecule has 0 saturated heterocycles. The normalized spacial score (nSPS) is 10.2. The first kappa shape index (κ1) is 8.26. The van der Waals surface area contributed by atoms with Crippen LogP contribution in [0.4, 0.5) is 0 Å². The van der Waals surface area contributed by atoms with E-state index in [1.807, 2.05) is 24.6 Å². The van der Waals surface area contributed by atoms with Gasteiger partial charge in [0, 0.05) is 0 Å². The minimum atomic E-state index is 0.297. The van der Waals surface area contributed by atoms with Crippen LogP contribution in [0.3, 0.4) is 0 Å². The van der Waals surface area contributed by atoms with Gasteiger partial charge in [0.2, 0.25) is 0 Å². The van der Waals surface area contributed by atoms with E-state index in [1.54, 1.807) is 23.5 Å². The topological polar surface area (TPSA) is 33.1 Å². The summed E-state index contributed by atoms with van der Waals surface area (Å²) in [5, 5.41) is 9.29. The van der Waals surface area contributed by atoms with Crippen molar-refractivity contribution in [2.75, 3.05) is 0 Å². The number of hydrogen-bond acceptors (Lipinski definition) is 3. The summed E-state index contributed by atoms with van der Waals surface area (Å²) < 4.78 is 0. The Bertz CT molecular complexity index is 422. The van der Waals surface area contributed by atoms with Crippen molar-refractivity contribution in [2.45, 2.75) is 6.92 Å². The number of phenolic OH excluding ortho intramolecular Hbond substituents is 1. The fraction of sp³-hybridized carbons (Fsp3) is 0.100. The summed E-state index contributed by atoms with van der Waals surface area (Å²) in [6.45, 7) is 1.97. The number of hydrogen-bond donors (Lipinski definition) is 1. The maximum absolute atomic E-state index is 9.29. The quantitative estimate of drug-likeness (QED) is 0.751. The molecule has 1 N–H and O–H groups in total. The van der Waals surface area contributed by atoms with Gasteiger partial charge in [0.05, 0.1) is 16.1 Å². The summed E-state index contributed by atoms with van der Waals surface area (Å²) in [6, 6.07) is 7.23. The Kier molecular flexibility index (Phi) is 2.02. The predicted molar refractivity (Wildman–Crippen MR) is 54.0 cm³/mol. The number of aromatic hydroxyl groups is 1. The molecule has 3 heteroatoms. The molecule has 2 nitrogen and oxygen atoms in total. The summed E-state index contributed by atoms with van der Waals surface area (Å²) in [7, 11) is 0. The molecule has 0 bridgehead atoms. The third-order valence-electron chi connectivity index (χ3n) is 1.85. The monoisotopic (exact) mass is 191 g/mol. The van der Waals surface area contributed by atoms with Crippen LogP contribution in [0.1, 0.15) is 5.69 Å². The van der Waals surface area contributed by atoms with E-state index in [1.165, 1.54) is 0 Å². The molecule has 0 amide bonds. The van der Waals surface area contributed by atoms with Crippen molar-refractivity contribution in [3.63, 3.8) is 0 Å². The SMILES string of the molecule is Cc1ncsc1-c1cccc(O)c1. The van der Waals surface area contributed by atoms with E-state index in [2.05, 4.69) is 4.98 Å². The van der Waals surface area contributed by atoms with Crippen molar-refractivity contribution >= 4 is 11.3 Å². The molecule has 0 aliphatic carbocycles. The van der Waals surface area contributed by atoms with Gasteiger partial charge in [-0.25, -0.2) is 4.98 Å². The highest BCUT2D eigenvalue weighted by Crippen LogP contribution is 2.28. The standard InChI is InChI=1S/C10H9NOS/c1-7-10(13-6-11-7)8-3-2-4-9(12)5-8/h2-6,12H,1H3. The molecule has 2 aromatic rings. The van der Waals surface area contributed by atoms with Gasteiger partial charge >= 0.3 is 0 Å². The van der Waals surface area contributed by atoms with E-state index in [0.29, 0.717) is 5.75 Å². The summed E-state index contributed by atoms with van der Waals surface area (Å²) >= 11 is 1.59. The summed E-state index contributed by atoms with van der Waals surface area (Å²) in [4.78, 5) is 5.28. The van der Waals surface area contributed by atoms with E-state index in [-0.39, 0.29) is 0 Å². The van der Waals surface area contributed by atoms with Gasteiger partial charge in [0.1, 0.15) is 5.75 Å². The average molecular weight is 191 g/mol. The molecule has 0 spiro atoms. The zero-order valence-electron chi connectivity index (χ0n) is 7.19. The van der Waals surface area contributed by atoms with Gasteiger partial charge in [-0.15, -0.1) is 11.3 Å². The van der Waals surface area contributed by atoms with E-state index in [0.717, 1.165) is 16.1 Å². The molecule has 0 aliphatic heterocycles. The molecule has 0 fully saturated rings. The fourth-order valence-electron chi connectivity index (χ4n) is 1.23. The number of aryl methyl sites for hydroxylation is 1. The van der Waals surface area contributed by atoms with Gasteiger partial charge in [0.15, 0.2) is 0 Å². The highest BCUT2D eigenvalue weighted by atomic mass is 32.1. The number of thiazole rings is 1. The van der Waals surface area contributed by atoms with Crippen LogP contribution in [0.25, 0.3) is 10.4 Å². The molecule has 1 heterocycles. The van der Waals surface area contributed by atoms with Crippen molar-refractivity contribution in [1.29, 1.82) is 0 Å². The molecule has 0 aliphatic rings. The van der Waals surface area contributed by atoms with Crippen LogP contribution < -0.4 is 0 Å². The zero-order chi connectivity index (χ0) is 9.26. The van der Waals surface area contributed by atoms with Gasteiger partial charge in [0.25, 0.3) is 0 Å². The molecule has 13 heavy (non-hydrogen) atoms. The predicted octanol–water partition coefficient (Wildman–Crippen LogP) is 2.82. The van der Waals surface area contributed by atoms with Crippen LogP contribution in [0.15, 0.2) is 29.8 Å². The van der Waals surface area contributed by atoms with Crippen molar-refractivity contribution < 1.29 is 5.11 Å². The van der Waals surface area contributed by atoms with Gasteiger partial charge in [-0.05, 0) is 24.6 Å². The van der Waals surface area contributed by atoms with E-state index < -0.39 is 0 Å². The first-order valence-electron chi connectivity index (χ1n) is 3.97. The van der Waals surface area contributed by atoms with E-state index >= 15 is 0 Å². The van der Waals surface area contributed by atoms with Crippen LogP contribution in [0.2, 0.25) is 0 Å². The molecule has 0 saturated carbocycles. The number of aromatic nitrogens is 1. The Morgan fingerprint density at radius 3 is 2.85 bits per heavy atom. The summed E-state index contributed by atoms with van der Waals surface area (Å²) in [5.74, 6) is 0.297. The Balaban J connectivity index is 2.53. The Labute approximate surface area is 80.5 Å². The lowest BCUT2D eigenvalue weighted by molar-refractivity contribution is 0.475. The lowest BCUT2D eigenvalue weighted by Gasteiger charge is -1.98. The second kappa shape index (κ2) is 3.18. The van der Waals surface area contributed by atoms with Gasteiger partial charge in [-0.1, -0.05) is 12.1 Å². The largest absolute Gasteiger partial charge is 0.508 e. The maximum atomic E-state index is 9.29. The van der Waals surface area contributed by atoms with Crippen LogP contribution in [0.5, 0.6) is 5.75 Å². The first-order valence-corrected chi connectivity index (χ1v) is 4.85. The molecule has 66 valence electrons. The number of benzene rings is 1. The molecule has 1 aromatic carbocycles. The van der Waals surface area contributed by atoms with Crippen LogP contribution in [0, 0.1) is 6.92 Å². The smallest absolute Gasteiger partial charge is 0.116 e. The highest BCUT2D eigenvalue weighted by molar-refractivity contribution is 7.13. The first-order chi connectivity index (χ1) is 6.27. The summed E-state index contributed by atoms with van der Waals surface area (Å²) in [5.41, 5.74) is 3.85. The number of phenols is 1. The third-order valence-corrected chi connectivity index (χ3v) is 2.83. The molecular weight excluding hydrogens is 182 g/mol. The highest BCUT2D eigenvalue weighted by Gasteiger charge is 2.04. The molecular formula is C10H9NOS. The Hall–Kier alpha value is -1.35. The van der Waals surface area contributed by atoms with E-state index in [4.69, 9.17) is 0 Å². The Morgan fingerprint density at radius 2 is 2.23 bits per heavy atom. The van der Waals surface area contributed by atoms with Gasteiger partial charge in [-0.3, -0.25) is 0 Å². The van der Waals surface area contributed by atoms with Crippen molar-refractivity contribution in [2.24, 2.45) is 0 Å². The van der Waals surface area contributed by atoms with Gasteiger partial charge in [-0.2, -0.15) is 0 Å². The van der Waals surface area contributed by atoms with Crippen molar-refractivity contribution in [3.8, 4) is 16.2 Å². The molecule has 0 radical (unpaired) electrons. The lowest BCUT2D eigenvalue weighted by atomic mass is 10.1. The average Bonchev–Trinajstić information content (AvgIpc) is 2.51. The van der Waals surface area contributed by atoms with Crippen LogP contribution in [-0.2, 0) is 0 Å². The lowest BCUT2D eigenvalue weighted by Crippen LogP contribution is -1.76. The van der Waals surface area contributed by atoms with Gasteiger partial charge < -0.3 is 5.11 Å². The molecule has 0 atom stereocenters. The number of nitrogens with zero attached hydrogens (tertiary/aromatic N) is 1. The maximum Gasteiger partial charge on any atom is 0.116 e. The fourth-order valence-corrected chi connectivity index (χ4v) is 2.03. The van der Waals surface area contributed by atoms with Crippen molar-refractivity contribution in [3.05, 3.63) is 35.5 Å². The third kappa shape index (κ3) is 1.55. The number of rotatable bonds is 1. The van der Waals surface area contributed by atoms with Crippen LogP contribution in [-0.4, -0.2) is 10.1 Å². The molecule has 0 unspecified atom stereocenters. The second-order valence-corrected chi connectivity index (χ2v) is 3.67. The van der Waals surface area contributed by atoms with E-state index in [9.17, 15) is 5.11 Å². The minimum absolute atomic E-state index is 0.297. The summed E-state index contributed by atoms with van der Waals surface area (Å²) in [6.07, 6.45) is 0. The molecule has 2 rings (SSSR count).